The second-order valence-corrected chi connectivity index (χ2v) is 7.50. The number of benzene rings is 1. The fourth-order valence-corrected chi connectivity index (χ4v) is 3.77. The van der Waals surface area contributed by atoms with Gasteiger partial charge in [0.05, 0.1) is 24.6 Å². The minimum Gasteiger partial charge on any atom is -0.465 e. The van der Waals surface area contributed by atoms with Crippen LogP contribution in [-0.4, -0.2) is 50.6 Å². The molecular formula is C15H19FN2O5S. The minimum atomic E-state index is -3.54. The maximum atomic E-state index is 13.9. The smallest absolute Gasteiger partial charge is 0.337 e. The molecule has 1 N–H and O–H groups in total. The molecule has 132 valence electrons. The van der Waals surface area contributed by atoms with Crippen LogP contribution in [0.3, 0.4) is 0 Å². The molecule has 2 rings (SSSR count). The van der Waals surface area contributed by atoms with Crippen LogP contribution >= 0.6 is 0 Å². The zero-order valence-electron chi connectivity index (χ0n) is 13.4. The summed E-state index contributed by atoms with van der Waals surface area (Å²) in [4.78, 5) is 23.9. The number of carbonyl (C=O) groups excluding carboxylic acids is 2. The molecule has 1 aliphatic heterocycles. The van der Waals surface area contributed by atoms with Crippen molar-refractivity contribution >= 4 is 27.6 Å². The van der Waals surface area contributed by atoms with Crippen LogP contribution in [0.5, 0.6) is 0 Å². The van der Waals surface area contributed by atoms with Crippen LogP contribution in [0.25, 0.3) is 0 Å². The molecule has 0 radical (unpaired) electrons. The van der Waals surface area contributed by atoms with Gasteiger partial charge in [-0.25, -0.2) is 17.6 Å². The Bertz CT molecular complexity index is 750. The molecule has 1 aromatic rings. The van der Waals surface area contributed by atoms with Gasteiger partial charge in [0.25, 0.3) is 0 Å². The summed E-state index contributed by atoms with van der Waals surface area (Å²) < 4.78 is 43.2. The summed E-state index contributed by atoms with van der Waals surface area (Å²) >= 11 is 0. The van der Waals surface area contributed by atoms with E-state index in [0.29, 0.717) is 19.3 Å². The Balaban J connectivity index is 2.23. The lowest BCUT2D eigenvalue weighted by Gasteiger charge is -2.32. The van der Waals surface area contributed by atoms with Gasteiger partial charge in [-0.3, -0.25) is 4.79 Å². The number of halogens is 1. The highest BCUT2D eigenvalue weighted by Crippen LogP contribution is 2.23. The van der Waals surface area contributed by atoms with Crippen molar-refractivity contribution < 1.29 is 27.1 Å². The van der Waals surface area contributed by atoms with Crippen LogP contribution in [0.15, 0.2) is 18.2 Å². The van der Waals surface area contributed by atoms with Crippen molar-refractivity contribution in [3.63, 3.8) is 0 Å². The van der Waals surface area contributed by atoms with E-state index in [1.54, 1.807) is 0 Å². The third kappa shape index (κ3) is 4.09. The summed E-state index contributed by atoms with van der Waals surface area (Å²) in [6.45, 7) is 0.252. The molecule has 7 nitrogen and oxygen atoms in total. The first-order chi connectivity index (χ1) is 11.2. The number of anilines is 1. The lowest BCUT2D eigenvalue weighted by molar-refractivity contribution is -0.120. The lowest BCUT2D eigenvalue weighted by atomic mass is 10.0. The van der Waals surface area contributed by atoms with Gasteiger partial charge in [0, 0.05) is 6.54 Å². The normalized spacial score (nSPS) is 18.9. The number of piperidine rings is 1. The van der Waals surface area contributed by atoms with E-state index in [1.807, 2.05) is 0 Å². The predicted octanol–water partition coefficient (Wildman–Crippen LogP) is 1.36. The Morgan fingerprint density at radius 2 is 2.04 bits per heavy atom. The Hall–Kier alpha value is -2.00. The van der Waals surface area contributed by atoms with Crippen molar-refractivity contribution in [3.8, 4) is 0 Å². The van der Waals surface area contributed by atoms with Crippen molar-refractivity contribution in [2.45, 2.75) is 25.3 Å². The Kier molecular flexibility index (Phi) is 5.55. The summed E-state index contributed by atoms with van der Waals surface area (Å²) in [6, 6.07) is 2.54. The summed E-state index contributed by atoms with van der Waals surface area (Å²) in [5, 5.41) is 2.37. The van der Waals surface area contributed by atoms with E-state index in [-0.39, 0.29) is 17.8 Å². The Morgan fingerprint density at radius 3 is 2.67 bits per heavy atom. The van der Waals surface area contributed by atoms with Gasteiger partial charge in [0.1, 0.15) is 11.9 Å². The van der Waals surface area contributed by atoms with Gasteiger partial charge in [-0.05, 0) is 31.0 Å². The average Bonchev–Trinajstić information content (AvgIpc) is 2.55. The first kappa shape index (κ1) is 18.3. The molecule has 1 aromatic carbocycles. The first-order valence-electron chi connectivity index (χ1n) is 7.39. The number of hydrogen-bond donors (Lipinski definition) is 1. The van der Waals surface area contributed by atoms with E-state index < -0.39 is 33.8 Å². The minimum absolute atomic E-state index is 0.0813. The number of ether oxygens (including phenoxy) is 1. The number of amides is 1. The van der Waals surface area contributed by atoms with Crippen molar-refractivity contribution in [3.05, 3.63) is 29.6 Å². The molecule has 0 spiro atoms. The maximum Gasteiger partial charge on any atom is 0.337 e. The Morgan fingerprint density at radius 1 is 1.33 bits per heavy atom. The average molecular weight is 358 g/mol. The predicted molar refractivity (Wildman–Crippen MR) is 85.6 cm³/mol. The van der Waals surface area contributed by atoms with E-state index >= 15 is 0 Å². The highest BCUT2D eigenvalue weighted by molar-refractivity contribution is 7.88. The van der Waals surface area contributed by atoms with Crippen molar-refractivity contribution in [1.82, 2.24) is 4.31 Å². The number of carbonyl (C=O) groups is 2. The van der Waals surface area contributed by atoms with Crippen LogP contribution < -0.4 is 5.32 Å². The van der Waals surface area contributed by atoms with E-state index in [4.69, 9.17) is 0 Å². The SMILES string of the molecule is COC(=O)c1ccc(F)c(NC(=O)[C@H]2CCCCN2S(C)(=O)=O)c1. The Labute approximate surface area is 139 Å². The molecule has 1 fully saturated rings. The van der Waals surface area contributed by atoms with Crippen molar-refractivity contribution in [2.75, 3.05) is 25.2 Å². The largest absolute Gasteiger partial charge is 0.465 e. The highest BCUT2D eigenvalue weighted by Gasteiger charge is 2.34. The molecule has 1 atom stereocenters. The van der Waals surface area contributed by atoms with Gasteiger partial charge in [0.2, 0.25) is 15.9 Å². The van der Waals surface area contributed by atoms with Crippen molar-refractivity contribution in [2.24, 2.45) is 0 Å². The zero-order valence-corrected chi connectivity index (χ0v) is 14.2. The van der Waals surface area contributed by atoms with Gasteiger partial charge >= 0.3 is 5.97 Å². The fourth-order valence-electron chi connectivity index (χ4n) is 2.65. The standard InChI is InChI=1S/C15H19FN2O5S/c1-23-15(20)10-6-7-11(16)12(9-10)17-14(19)13-5-3-4-8-18(13)24(2,21)22/h6-7,9,13H,3-5,8H2,1-2H3,(H,17,19)/t13-/m1/s1. The molecule has 1 aliphatic rings. The molecule has 0 saturated carbocycles. The molecule has 0 aromatic heterocycles. The summed E-state index contributed by atoms with van der Waals surface area (Å²) in [6.07, 6.45) is 2.77. The summed E-state index contributed by atoms with van der Waals surface area (Å²) in [5.41, 5.74) is -0.111. The van der Waals surface area contributed by atoms with E-state index in [1.165, 1.54) is 13.2 Å². The van der Waals surface area contributed by atoms with Crippen LogP contribution in [0.2, 0.25) is 0 Å². The second-order valence-electron chi connectivity index (χ2n) is 5.56. The quantitative estimate of drug-likeness (QED) is 0.821. The topological polar surface area (TPSA) is 92.8 Å². The number of rotatable bonds is 4. The van der Waals surface area contributed by atoms with Crippen molar-refractivity contribution in [1.29, 1.82) is 0 Å². The van der Waals surface area contributed by atoms with E-state index in [9.17, 15) is 22.4 Å². The molecule has 0 unspecified atom stereocenters. The highest BCUT2D eigenvalue weighted by atomic mass is 32.2. The maximum absolute atomic E-state index is 13.9. The summed E-state index contributed by atoms with van der Waals surface area (Å²) in [7, 11) is -2.35. The number of nitrogens with one attached hydrogen (secondary N) is 1. The third-order valence-electron chi connectivity index (χ3n) is 3.83. The van der Waals surface area contributed by atoms with Gasteiger partial charge in [-0.2, -0.15) is 4.31 Å². The van der Waals surface area contributed by atoms with Gasteiger partial charge < -0.3 is 10.1 Å². The number of hydrogen-bond acceptors (Lipinski definition) is 5. The molecule has 9 heteroatoms. The number of methoxy groups -OCH3 is 1. The molecule has 0 aliphatic carbocycles. The number of esters is 1. The van der Waals surface area contributed by atoms with Crippen LogP contribution in [-0.2, 0) is 19.6 Å². The van der Waals surface area contributed by atoms with Crippen LogP contribution in [0, 0.1) is 5.82 Å². The van der Waals surface area contributed by atoms with Gasteiger partial charge in [-0.1, -0.05) is 6.42 Å². The number of nitrogens with zero attached hydrogens (tertiary/aromatic N) is 1. The number of sulfonamides is 1. The zero-order chi connectivity index (χ0) is 17.9. The molecule has 1 heterocycles. The van der Waals surface area contributed by atoms with E-state index in [2.05, 4.69) is 10.1 Å². The van der Waals surface area contributed by atoms with Crippen LogP contribution in [0.4, 0.5) is 10.1 Å². The molecule has 0 bridgehead atoms. The second kappa shape index (κ2) is 7.27. The summed E-state index contributed by atoms with van der Waals surface area (Å²) in [5.74, 6) is -2.01. The fraction of sp³-hybridized carbons (Fsp3) is 0.467. The molecular weight excluding hydrogens is 339 g/mol. The van der Waals surface area contributed by atoms with E-state index in [0.717, 1.165) is 22.7 Å². The lowest BCUT2D eigenvalue weighted by Crippen LogP contribution is -2.49. The van der Waals surface area contributed by atoms with Crippen LogP contribution in [0.1, 0.15) is 29.6 Å². The molecule has 1 amide bonds. The molecule has 24 heavy (non-hydrogen) atoms. The van der Waals surface area contributed by atoms with Gasteiger partial charge in [-0.15, -0.1) is 0 Å². The monoisotopic (exact) mass is 358 g/mol. The van der Waals surface area contributed by atoms with Gasteiger partial charge in [0.15, 0.2) is 0 Å². The third-order valence-corrected chi connectivity index (χ3v) is 5.12. The molecule has 1 saturated heterocycles. The first-order valence-corrected chi connectivity index (χ1v) is 9.24.